The van der Waals surface area contributed by atoms with Gasteiger partial charge in [0, 0.05) is 17.9 Å². The van der Waals surface area contributed by atoms with E-state index in [1.807, 2.05) is 6.07 Å². The highest BCUT2D eigenvalue weighted by atomic mass is 19.4. The molecule has 0 saturated heterocycles. The number of halogens is 3. The molecule has 4 rings (SSSR count). The van der Waals surface area contributed by atoms with Crippen molar-refractivity contribution in [3.63, 3.8) is 0 Å². The number of carbonyl (C=O) groups is 1. The van der Waals surface area contributed by atoms with E-state index in [1.54, 1.807) is 24.3 Å². The van der Waals surface area contributed by atoms with Crippen molar-refractivity contribution < 1.29 is 18.0 Å². The van der Waals surface area contributed by atoms with E-state index in [0.717, 1.165) is 12.1 Å². The molecule has 1 amide bonds. The fourth-order valence-corrected chi connectivity index (χ4v) is 3.29. The molecule has 1 atom stereocenters. The molecule has 1 aliphatic rings. The minimum Gasteiger partial charge on any atom is -0.310 e. The summed E-state index contributed by atoms with van der Waals surface area (Å²) < 4.78 is 38.4. The predicted octanol–water partition coefficient (Wildman–Crippen LogP) is 3.93. The third-order valence-electron chi connectivity index (χ3n) is 4.64. The number of aromatic amines is 1. The summed E-state index contributed by atoms with van der Waals surface area (Å²) in [5.41, 5.74) is 0.133. The molecule has 1 aromatic heterocycles. The summed E-state index contributed by atoms with van der Waals surface area (Å²) in [5.74, 6) is -0.594. The van der Waals surface area contributed by atoms with E-state index in [2.05, 4.69) is 15.3 Å². The second-order valence-corrected chi connectivity index (χ2v) is 6.47. The van der Waals surface area contributed by atoms with Gasteiger partial charge in [0.25, 0.3) is 5.56 Å². The highest BCUT2D eigenvalue weighted by molar-refractivity contribution is 5.94. The van der Waals surface area contributed by atoms with Gasteiger partial charge in [0.05, 0.1) is 11.1 Å². The van der Waals surface area contributed by atoms with Crippen molar-refractivity contribution in [2.24, 2.45) is 0 Å². The van der Waals surface area contributed by atoms with Crippen LogP contribution < -0.4 is 10.9 Å². The average molecular weight is 385 g/mol. The number of hydrogen-bond acceptors (Lipinski definition) is 3. The zero-order chi connectivity index (χ0) is 19.9. The van der Waals surface area contributed by atoms with Gasteiger partial charge >= 0.3 is 6.18 Å². The molecule has 3 aromatic rings. The van der Waals surface area contributed by atoms with Gasteiger partial charge < -0.3 is 10.3 Å². The Morgan fingerprint density at radius 1 is 0.964 bits per heavy atom. The lowest BCUT2D eigenvalue weighted by Gasteiger charge is -2.25. The van der Waals surface area contributed by atoms with Gasteiger partial charge in [0.2, 0.25) is 5.91 Å². The highest BCUT2D eigenvalue weighted by Crippen LogP contribution is 2.36. The normalized spacial score (nSPS) is 16.4. The Hall–Kier alpha value is -3.42. The number of carbonyl (C=O) groups excluding carboxylic acids is 1. The lowest BCUT2D eigenvalue weighted by molar-refractivity contribution is -0.137. The van der Waals surface area contributed by atoms with Crippen LogP contribution in [0.4, 0.5) is 19.0 Å². The van der Waals surface area contributed by atoms with Crippen molar-refractivity contribution in [2.75, 3.05) is 5.32 Å². The Balaban J connectivity index is 1.79. The maximum atomic E-state index is 12.8. The molecule has 1 aliphatic heterocycles. The Morgan fingerprint density at radius 3 is 2.29 bits per heavy atom. The monoisotopic (exact) mass is 385 g/mol. The first-order chi connectivity index (χ1) is 13.3. The molecule has 0 radical (unpaired) electrons. The number of amides is 1. The second kappa shape index (κ2) is 6.63. The minimum atomic E-state index is -4.45. The number of nitrogens with zero attached hydrogens (tertiary/aromatic N) is 1. The Morgan fingerprint density at radius 2 is 1.64 bits per heavy atom. The molecule has 2 heterocycles. The molecule has 8 heteroatoms. The molecule has 2 N–H and O–H groups in total. The second-order valence-electron chi connectivity index (χ2n) is 6.47. The number of alkyl halides is 3. The minimum absolute atomic E-state index is 0.0478. The van der Waals surface area contributed by atoms with Gasteiger partial charge in [-0.25, -0.2) is 4.98 Å². The maximum absolute atomic E-state index is 12.8. The topological polar surface area (TPSA) is 74.8 Å². The van der Waals surface area contributed by atoms with Crippen molar-refractivity contribution in [1.82, 2.24) is 9.97 Å². The predicted molar refractivity (Wildman–Crippen MR) is 96.8 cm³/mol. The number of anilines is 1. The van der Waals surface area contributed by atoms with Gasteiger partial charge in [-0.05, 0) is 17.7 Å². The van der Waals surface area contributed by atoms with Gasteiger partial charge in [-0.2, -0.15) is 13.2 Å². The highest BCUT2D eigenvalue weighted by Gasteiger charge is 2.33. The van der Waals surface area contributed by atoms with Crippen LogP contribution in [0.2, 0.25) is 0 Å². The maximum Gasteiger partial charge on any atom is 0.416 e. The first kappa shape index (κ1) is 18.0. The lowest BCUT2D eigenvalue weighted by Crippen LogP contribution is -2.31. The average Bonchev–Trinajstić information content (AvgIpc) is 2.67. The smallest absolute Gasteiger partial charge is 0.310 e. The molecular formula is C20H14F3N3O2. The Labute approximate surface area is 157 Å². The van der Waals surface area contributed by atoms with Crippen LogP contribution in [-0.4, -0.2) is 15.9 Å². The summed E-state index contributed by atoms with van der Waals surface area (Å²) in [7, 11) is 0. The zero-order valence-corrected chi connectivity index (χ0v) is 14.4. The Bertz CT molecular complexity index is 1090. The Kier molecular flexibility index (Phi) is 4.26. The van der Waals surface area contributed by atoms with Crippen LogP contribution in [0.15, 0.2) is 59.4 Å². The molecule has 0 fully saturated rings. The number of H-pyrrole nitrogens is 1. The third kappa shape index (κ3) is 3.28. The van der Waals surface area contributed by atoms with E-state index in [9.17, 15) is 22.8 Å². The fraction of sp³-hybridized carbons (Fsp3) is 0.150. The van der Waals surface area contributed by atoms with Gasteiger partial charge in [0.15, 0.2) is 0 Å². The van der Waals surface area contributed by atoms with E-state index < -0.39 is 23.2 Å². The van der Waals surface area contributed by atoms with Crippen LogP contribution in [0, 0.1) is 0 Å². The number of aromatic nitrogens is 2. The molecule has 0 bridgehead atoms. The molecular weight excluding hydrogens is 371 g/mol. The van der Waals surface area contributed by atoms with Gasteiger partial charge in [0.1, 0.15) is 11.6 Å². The van der Waals surface area contributed by atoms with Gasteiger partial charge in [-0.3, -0.25) is 9.59 Å². The van der Waals surface area contributed by atoms with Crippen LogP contribution in [0.5, 0.6) is 0 Å². The van der Waals surface area contributed by atoms with E-state index in [-0.39, 0.29) is 23.7 Å². The van der Waals surface area contributed by atoms with Crippen molar-refractivity contribution in [3.05, 3.63) is 81.6 Å². The number of rotatable bonds is 2. The summed E-state index contributed by atoms with van der Waals surface area (Å²) in [6.07, 6.45) is -4.50. The van der Waals surface area contributed by atoms with Crippen LogP contribution >= 0.6 is 0 Å². The quantitative estimate of drug-likeness (QED) is 0.702. The number of hydrogen-bond donors (Lipinski definition) is 2. The SMILES string of the molecule is O=C1CC(c2ccc(C(F)(F)F)cc2)c2c(nc(-c3ccccc3)[nH]c2=O)N1. The molecule has 0 aliphatic carbocycles. The number of benzene rings is 2. The van der Waals surface area contributed by atoms with Crippen LogP contribution in [0.1, 0.15) is 29.0 Å². The van der Waals surface area contributed by atoms with Crippen molar-refractivity contribution in [1.29, 1.82) is 0 Å². The first-order valence-corrected chi connectivity index (χ1v) is 8.49. The number of fused-ring (bicyclic) bond motifs is 1. The standard InChI is InChI=1S/C20H14F3N3O2/c21-20(22,23)13-8-6-11(7-9-13)14-10-15(27)24-18-16(14)19(28)26-17(25-18)12-4-2-1-3-5-12/h1-9,14H,10H2,(H2,24,25,26,27,28). The zero-order valence-electron chi connectivity index (χ0n) is 14.4. The van der Waals surface area contributed by atoms with Crippen molar-refractivity contribution >= 4 is 11.7 Å². The molecule has 1 unspecified atom stereocenters. The van der Waals surface area contributed by atoms with E-state index in [4.69, 9.17) is 0 Å². The van der Waals surface area contributed by atoms with Crippen LogP contribution in [0.3, 0.4) is 0 Å². The fourth-order valence-electron chi connectivity index (χ4n) is 3.29. The summed E-state index contributed by atoms with van der Waals surface area (Å²) in [6.45, 7) is 0. The first-order valence-electron chi connectivity index (χ1n) is 8.49. The summed E-state index contributed by atoms with van der Waals surface area (Å²) in [6, 6.07) is 13.4. The largest absolute Gasteiger partial charge is 0.416 e. The molecule has 5 nitrogen and oxygen atoms in total. The molecule has 0 spiro atoms. The van der Waals surface area contributed by atoms with Gasteiger partial charge in [-0.15, -0.1) is 0 Å². The summed E-state index contributed by atoms with van der Waals surface area (Å²) >= 11 is 0. The summed E-state index contributed by atoms with van der Waals surface area (Å²) in [4.78, 5) is 32.0. The third-order valence-corrected chi connectivity index (χ3v) is 4.64. The van der Waals surface area contributed by atoms with E-state index in [1.165, 1.54) is 12.1 Å². The van der Waals surface area contributed by atoms with E-state index in [0.29, 0.717) is 17.0 Å². The molecule has 0 saturated carbocycles. The van der Waals surface area contributed by atoms with Crippen molar-refractivity contribution in [3.8, 4) is 11.4 Å². The molecule has 2 aromatic carbocycles. The van der Waals surface area contributed by atoms with E-state index >= 15 is 0 Å². The summed E-state index contributed by atoms with van der Waals surface area (Å²) in [5, 5.41) is 2.60. The van der Waals surface area contributed by atoms with Gasteiger partial charge in [-0.1, -0.05) is 42.5 Å². The molecule has 142 valence electrons. The van der Waals surface area contributed by atoms with Crippen molar-refractivity contribution in [2.45, 2.75) is 18.5 Å². The van der Waals surface area contributed by atoms with Crippen LogP contribution in [0.25, 0.3) is 11.4 Å². The lowest BCUT2D eigenvalue weighted by atomic mass is 9.86. The van der Waals surface area contributed by atoms with Crippen LogP contribution in [-0.2, 0) is 11.0 Å². The number of nitrogens with one attached hydrogen (secondary N) is 2. The molecule has 28 heavy (non-hydrogen) atoms.